The van der Waals surface area contributed by atoms with Crippen molar-refractivity contribution in [1.29, 1.82) is 5.26 Å². The quantitative estimate of drug-likeness (QED) is 0.321. The van der Waals surface area contributed by atoms with Gasteiger partial charge in [0, 0.05) is 17.3 Å². The van der Waals surface area contributed by atoms with Gasteiger partial charge < -0.3 is 15.7 Å². The van der Waals surface area contributed by atoms with Gasteiger partial charge in [0.2, 0.25) is 0 Å². The number of carbonyl (C=O) groups excluding carboxylic acids is 1. The Balaban J connectivity index is 1.48. The second-order valence-corrected chi connectivity index (χ2v) is 10.3. The summed E-state index contributed by atoms with van der Waals surface area (Å²) in [5, 5.41) is 26.0. The van der Waals surface area contributed by atoms with Gasteiger partial charge >= 0.3 is 6.03 Å². The number of nitriles is 1. The van der Waals surface area contributed by atoms with Crippen molar-refractivity contribution >= 4 is 11.7 Å². The number of anilines is 1. The van der Waals surface area contributed by atoms with Crippen LogP contribution in [0.15, 0.2) is 79.0 Å². The molecule has 1 aliphatic rings. The van der Waals surface area contributed by atoms with Crippen molar-refractivity contribution in [3.8, 4) is 28.6 Å². The van der Waals surface area contributed by atoms with Crippen LogP contribution in [0.1, 0.15) is 48.7 Å². The number of aryl methyl sites for hydroxylation is 1. The number of hydrogen-bond acceptors (Lipinski definition) is 5. The van der Waals surface area contributed by atoms with Crippen molar-refractivity contribution < 1.29 is 9.90 Å². The van der Waals surface area contributed by atoms with Gasteiger partial charge in [-0.1, -0.05) is 68.4 Å². The van der Waals surface area contributed by atoms with Crippen molar-refractivity contribution in [2.45, 2.75) is 44.8 Å². The van der Waals surface area contributed by atoms with E-state index in [9.17, 15) is 9.90 Å². The first kappa shape index (κ1) is 25.1. The lowest BCUT2D eigenvalue weighted by Crippen LogP contribution is -2.45. The van der Waals surface area contributed by atoms with E-state index in [1.165, 1.54) is 0 Å². The molecule has 3 N–H and O–H groups in total. The fourth-order valence-corrected chi connectivity index (χ4v) is 5.23. The summed E-state index contributed by atoms with van der Waals surface area (Å²) in [6.07, 6.45) is 1.45. The molecule has 7 heteroatoms. The van der Waals surface area contributed by atoms with Gasteiger partial charge in [-0.25, -0.2) is 14.8 Å². The summed E-state index contributed by atoms with van der Waals surface area (Å²) < 4.78 is 0. The van der Waals surface area contributed by atoms with Crippen LogP contribution in [0.3, 0.4) is 0 Å². The summed E-state index contributed by atoms with van der Waals surface area (Å²) in [4.78, 5) is 22.4. The van der Waals surface area contributed by atoms with Gasteiger partial charge in [0.15, 0.2) is 0 Å². The summed E-state index contributed by atoms with van der Waals surface area (Å²) in [6.45, 7) is 6.13. The Morgan fingerprint density at radius 3 is 2.47 bits per heavy atom. The Kier molecular flexibility index (Phi) is 6.66. The summed E-state index contributed by atoms with van der Waals surface area (Å²) in [7, 11) is 0. The first-order valence-corrected chi connectivity index (χ1v) is 12.6. The van der Waals surface area contributed by atoms with Crippen LogP contribution in [0.2, 0.25) is 0 Å². The number of pyridine rings is 2. The Morgan fingerprint density at radius 2 is 1.76 bits per heavy atom. The molecule has 2 heterocycles. The zero-order chi connectivity index (χ0) is 26.9. The predicted octanol–water partition coefficient (Wildman–Crippen LogP) is 5.90. The van der Waals surface area contributed by atoms with E-state index < -0.39 is 18.2 Å². The highest BCUT2D eigenvalue weighted by molar-refractivity contribution is 5.94. The van der Waals surface area contributed by atoms with Crippen molar-refractivity contribution in [2.75, 3.05) is 5.32 Å². The number of nitrogens with one attached hydrogen (secondary N) is 2. The second-order valence-electron chi connectivity index (χ2n) is 10.3. The van der Waals surface area contributed by atoms with Crippen molar-refractivity contribution in [2.24, 2.45) is 0 Å². The average Bonchev–Trinajstić information content (AvgIpc) is 2.91. The zero-order valence-electron chi connectivity index (χ0n) is 21.6. The third kappa shape index (κ3) is 4.86. The number of rotatable bonds is 4. The molecule has 2 aromatic heterocycles. The molecule has 0 unspecified atom stereocenters. The lowest BCUT2D eigenvalue weighted by Gasteiger charge is -2.40. The van der Waals surface area contributed by atoms with E-state index in [4.69, 9.17) is 10.2 Å². The molecule has 0 aliphatic heterocycles. The van der Waals surface area contributed by atoms with Crippen LogP contribution in [0.5, 0.6) is 0 Å². The highest BCUT2D eigenvalue weighted by Gasteiger charge is 2.39. The third-order valence-electron chi connectivity index (χ3n) is 7.08. The lowest BCUT2D eigenvalue weighted by atomic mass is 9.70. The molecule has 0 radical (unpaired) electrons. The first-order chi connectivity index (χ1) is 18.3. The normalized spacial score (nSPS) is 17.7. The molecule has 5 rings (SSSR count). The fourth-order valence-electron chi connectivity index (χ4n) is 5.23. The van der Waals surface area contributed by atoms with Gasteiger partial charge in [0.25, 0.3) is 0 Å². The van der Waals surface area contributed by atoms with Gasteiger partial charge in [0.1, 0.15) is 11.8 Å². The maximum atomic E-state index is 13.3. The van der Waals surface area contributed by atoms with E-state index in [1.807, 2.05) is 73.7 Å². The molecule has 0 fully saturated rings. The SMILES string of the molecule is Cc1cc(NC(=O)N[C@@H]2c3ccccc3C(C)(C)C[C@H]2O)c(-c2ccccc2)nc1-c1ccc(C#N)nc1. The molecule has 0 spiro atoms. The van der Waals surface area contributed by atoms with Gasteiger partial charge in [-0.3, -0.25) is 0 Å². The van der Waals surface area contributed by atoms with Crippen LogP contribution in [-0.2, 0) is 5.41 Å². The highest BCUT2D eigenvalue weighted by atomic mass is 16.3. The van der Waals surface area contributed by atoms with E-state index in [2.05, 4.69) is 35.5 Å². The van der Waals surface area contributed by atoms with Gasteiger partial charge in [-0.15, -0.1) is 0 Å². The number of nitrogens with zero attached hydrogens (tertiary/aromatic N) is 3. The maximum absolute atomic E-state index is 13.3. The van der Waals surface area contributed by atoms with E-state index in [0.29, 0.717) is 29.2 Å². The van der Waals surface area contributed by atoms with Crippen LogP contribution in [0.4, 0.5) is 10.5 Å². The standard InChI is InChI=1S/C31H29N5O2/c1-19-15-25(34-30(38)36-29-23-11-7-8-12-24(23)31(2,3)16-26(29)37)28(20-9-5-4-6-10-20)35-27(19)21-13-14-22(17-32)33-18-21/h4-15,18,26,29,37H,16H2,1-3H3,(H2,34,36,38)/t26-,29-/m1/s1. The molecule has 2 amide bonds. The minimum Gasteiger partial charge on any atom is -0.391 e. The predicted molar refractivity (Wildman–Crippen MR) is 147 cm³/mol. The minimum atomic E-state index is -0.717. The zero-order valence-corrected chi connectivity index (χ0v) is 21.6. The summed E-state index contributed by atoms with van der Waals surface area (Å²) in [6, 6.07) is 24.0. The van der Waals surface area contributed by atoms with Gasteiger partial charge in [-0.2, -0.15) is 5.26 Å². The monoisotopic (exact) mass is 503 g/mol. The Bertz CT molecular complexity index is 1520. The van der Waals surface area contributed by atoms with Crippen LogP contribution < -0.4 is 10.6 Å². The average molecular weight is 504 g/mol. The lowest BCUT2D eigenvalue weighted by molar-refractivity contribution is 0.0883. The molecule has 190 valence electrons. The third-order valence-corrected chi connectivity index (χ3v) is 7.08. The molecule has 7 nitrogen and oxygen atoms in total. The summed E-state index contributed by atoms with van der Waals surface area (Å²) >= 11 is 0. The number of fused-ring (bicyclic) bond motifs is 1. The summed E-state index contributed by atoms with van der Waals surface area (Å²) in [5.74, 6) is 0. The number of aliphatic hydroxyl groups is 1. The molecule has 0 bridgehead atoms. The largest absolute Gasteiger partial charge is 0.391 e. The Labute approximate surface area is 222 Å². The van der Waals surface area contributed by atoms with Crippen LogP contribution in [0.25, 0.3) is 22.5 Å². The van der Waals surface area contributed by atoms with E-state index in [1.54, 1.807) is 12.3 Å². The Hall–Kier alpha value is -4.54. The second kappa shape index (κ2) is 10.1. The van der Waals surface area contributed by atoms with Crippen LogP contribution in [-0.4, -0.2) is 27.2 Å². The summed E-state index contributed by atoms with van der Waals surface area (Å²) in [5.41, 5.74) is 6.52. The number of hydrogen-bond donors (Lipinski definition) is 3. The van der Waals surface area contributed by atoms with Gasteiger partial charge in [-0.05, 0) is 53.6 Å². The number of aliphatic hydroxyl groups excluding tert-OH is 1. The Morgan fingerprint density at radius 1 is 1.03 bits per heavy atom. The topological polar surface area (TPSA) is 111 Å². The number of carbonyl (C=O) groups is 1. The molecule has 0 saturated carbocycles. The highest BCUT2D eigenvalue weighted by Crippen LogP contribution is 2.41. The molecule has 0 saturated heterocycles. The molecule has 2 atom stereocenters. The van der Waals surface area contributed by atoms with E-state index in [-0.39, 0.29) is 5.41 Å². The molecule has 4 aromatic rings. The minimum absolute atomic E-state index is 0.192. The number of urea groups is 1. The molecule has 38 heavy (non-hydrogen) atoms. The molecular weight excluding hydrogens is 474 g/mol. The van der Waals surface area contributed by atoms with Crippen LogP contribution >= 0.6 is 0 Å². The van der Waals surface area contributed by atoms with Crippen molar-refractivity contribution in [3.05, 3.63) is 101 Å². The number of amides is 2. The maximum Gasteiger partial charge on any atom is 0.319 e. The smallest absolute Gasteiger partial charge is 0.319 e. The molecular formula is C31H29N5O2. The van der Waals surface area contributed by atoms with Crippen molar-refractivity contribution in [1.82, 2.24) is 15.3 Å². The first-order valence-electron chi connectivity index (χ1n) is 12.6. The molecule has 1 aliphatic carbocycles. The van der Waals surface area contributed by atoms with Crippen LogP contribution in [0, 0.1) is 18.3 Å². The van der Waals surface area contributed by atoms with E-state index >= 15 is 0 Å². The number of aromatic nitrogens is 2. The van der Waals surface area contributed by atoms with E-state index in [0.717, 1.165) is 27.8 Å². The molecule has 2 aromatic carbocycles. The fraction of sp³-hybridized carbons (Fsp3) is 0.226. The van der Waals surface area contributed by atoms with Gasteiger partial charge in [0.05, 0.1) is 29.2 Å². The number of benzene rings is 2. The van der Waals surface area contributed by atoms with Crippen molar-refractivity contribution in [3.63, 3.8) is 0 Å².